The fraction of sp³-hybridized carbons (Fsp3) is 0.125. The Morgan fingerprint density at radius 2 is 1.73 bits per heavy atom. The standard InChI is InChI=1S/C7H7NO.CH4O/c8-7(9)6-4-2-1-3-5-6;1-2/h1-5H,(H2,8,9);2H,1H3. The summed E-state index contributed by atoms with van der Waals surface area (Å²) in [5, 5.41) is 7.00. The van der Waals surface area contributed by atoms with Crippen LogP contribution in [-0.4, -0.2) is 18.1 Å². The summed E-state index contributed by atoms with van der Waals surface area (Å²) in [4.78, 5) is 10.4. The Balaban J connectivity index is 0.000000461. The van der Waals surface area contributed by atoms with Gasteiger partial charge in [0.05, 0.1) is 0 Å². The highest BCUT2D eigenvalue weighted by molar-refractivity contribution is 5.92. The number of rotatable bonds is 1. The zero-order valence-electron chi connectivity index (χ0n) is 6.32. The van der Waals surface area contributed by atoms with E-state index in [0.29, 0.717) is 5.56 Å². The molecule has 60 valence electrons. The van der Waals surface area contributed by atoms with Gasteiger partial charge >= 0.3 is 0 Å². The number of nitrogens with two attached hydrogens (primary N) is 1. The van der Waals surface area contributed by atoms with Crippen molar-refractivity contribution in [3.63, 3.8) is 0 Å². The number of amides is 1. The van der Waals surface area contributed by atoms with Crippen LogP contribution in [-0.2, 0) is 0 Å². The molecule has 0 saturated carbocycles. The number of benzene rings is 1. The monoisotopic (exact) mass is 153 g/mol. The molecule has 3 N–H and O–H groups in total. The van der Waals surface area contributed by atoms with E-state index in [9.17, 15) is 4.79 Å². The van der Waals surface area contributed by atoms with Crippen molar-refractivity contribution < 1.29 is 9.90 Å². The van der Waals surface area contributed by atoms with Crippen molar-refractivity contribution in [2.75, 3.05) is 7.11 Å². The van der Waals surface area contributed by atoms with Crippen molar-refractivity contribution in [2.24, 2.45) is 5.73 Å². The van der Waals surface area contributed by atoms with Gasteiger partial charge in [0.15, 0.2) is 0 Å². The molecule has 0 aliphatic heterocycles. The molecule has 1 aromatic carbocycles. The summed E-state index contributed by atoms with van der Waals surface area (Å²) in [6.07, 6.45) is 0. The van der Waals surface area contributed by atoms with Crippen LogP contribution in [0.25, 0.3) is 0 Å². The smallest absolute Gasteiger partial charge is 0.248 e. The lowest BCUT2D eigenvalue weighted by atomic mass is 10.2. The zero-order valence-corrected chi connectivity index (χ0v) is 6.32. The summed E-state index contributed by atoms with van der Waals surface area (Å²) < 4.78 is 0. The number of carbonyl (C=O) groups is 1. The van der Waals surface area contributed by atoms with E-state index in [0.717, 1.165) is 7.11 Å². The molecule has 3 nitrogen and oxygen atoms in total. The minimum absolute atomic E-state index is 0.379. The molecule has 0 aromatic heterocycles. The summed E-state index contributed by atoms with van der Waals surface area (Å²) in [7, 11) is 1.00. The van der Waals surface area contributed by atoms with Crippen LogP contribution in [0.15, 0.2) is 30.3 Å². The molecule has 1 aromatic rings. The molecule has 0 saturated heterocycles. The zero-order chi connectivity index (χ0) is 8.69. The van der Waals surface area contributed by atoms with Gasteiger partial charge in [-0.2, -0.15) is 0 Å². The highest BCUT2D eigenvalue weighted by Gasteiger charge is 1.93. The summed E-state index contributed by atoms with van der Waals surface area (Å²) in [6.45, 7) is 0. The van der Waals surface area contributed by atoms with Crippen LogP contribution in [0.4, 0.5) is 0 Å². The van der Waals surface area contributed by atoms with E-state index in [2.05, 4.69) is 0 Å². The van der Waals surface area contributed by atoms with Gasteiger partial charge in [-0.3, -0.25) is 4.79 Å². The number of primary amides is 1. The molecule has 0 spiro atoms. The van der Waals surface area contributed by atoms with Crippen molar-refractivity contribution in [3.05, 3.63) is 35.9 Å². The minimum atomic E-state index is -0.379. The van der Waals surface area contributed by atoms with Gasteiger partial charge in [-0.15, -0.1) is 0 Å². The number of hydrogen-bond donors (Lipinski definition) is 2. The van der Waals surface area contributed by atoms with Crippen molar-refractivity contribution in [1.29, 1.82) is 0 Å². The quantitative estimate of drug-likeness (QED) is 0.613. The summed E-state index contributed by atoms with van der Waals surface area (Å²) in [5.74, 6) is -0.379. The SMILES string of the molecule is CO.NC(=O)c1ccccc1. The first-order chi connectivity index (χ1) is 5.30. The van der Waals surface area contributed by atoms with Gasteiger partial charge < -0.3 is 10.8 Å². The van der Waals surface area contributed by atoms with Gasteiger partial charge in [0.2, 0.25) is 5.91 Å². The Labute approximate surface area is 65.5 Å². The van der Waals surface area contributed by atoms with E-state index < -0.39 is 0 Å². The lowest BCUT2D eigenvalue weighted by Crippen LogP contribution is -2.09. The highest BCUT2D eigenvalue weighted by Crippen LogP contribution is 1.94. The van der Waals surface area contributed by atoms with Crippen LogP contribution in [0.1, 0.15) is 10.4 Å². The molecule has 0 heterocycles. The number of hydrogen-bond acceptors (Lipinski definition) is 2. The predicted octanol–water partition coefficient (Wildman–Crippen LogP) is 0.394. The third-order valence-corrected chi connectivity index (χ3v) is 1.06. The van der Waals surface area contributed by atoms with Crippen molar-refractivity contribution >= 4 is 5.91 Å². The normalized spacial score (nSPS) is 7.82. The Kier molecular flexibility index (Phi) is 4.77. The van der Waals surface area contributed by atoms with Crippen molar-refractivity contribution in [3.8, 4) is 0 Å². The molecule has 11 heavy (non-hydrogen) atoms. The molecule has 0 bridgehead atoms. The van der Waals surface area contributed by atoms with E-state index in [-0.39, 0.29) is 5.91 Å². The van der Waals surface area contributed by atoms with Gasteiger partial charge in [0.1, 0.15) is 0 Å². The van der Waals surface area contributed by atoms with Crippen molar-refractivity contribution in [1.82, 2.24) is 0 Å². The molecule has 0 fully saturated rings. The first kappa shape index (κ1) is 9.65. The Bertz CT molecular complexity index is 209. The molecule has 0 atom stereocenters. The summed E-state index contributed by atoms with van der Waals surface area (Å²) in [6, 6.07) is 8.76. The molecule has 3 heteroatoms. The van der Waals surface area contributed by atoms with Crippen LogP contribution in [0, 0.1) is 0 Å². The van der Waals surface area contributed by atoms with Gasteiger partial charge in [0, 0.05) is 12.7 Å². The topological polar surface area (TPSA) is 63.3 Å². The van der Waals surface area contributed by atoms with E-state index in [1.165, 1.54) is 0 Å². The lowest BCUT2D eigenvalue weighted by Gasteiger charge is -1.89. The maximum absolute atomic E-state index is 10.4. The fourth-order valence-electron chi connectivity index (χ4n) is 0.602. The van der Waals surface area contributed by atoms with Crippen LogP contribution in [0.5, 0.6) is 0 Å². The molecular weight excluding hydrogens is 142 g/mol. The van der Waals surface area contributed by atoms with E-state index >= 15 is 0 Å². The molecular formula is C8H11NO2. The third kappa shape index (κ3) is 3.37. The average Bonchev–Trinajstić information content (AvgIpc) is 2.10. The summed E-state index contributed by atoms with van der Waals surface area (Å²) in [5.41, 5.74) is 5.53. The Morgan fingerprint density at radius 1 is 1.27 bits per heavy atom. The van der Waals surface area contributed by atoms with Crippen LogP contribution >= 0.6 is 0 Å². The largest absolute Gasteiger partial charge is 0.400 e. The maximum Gasteiger partial charge on any atom is 0.248 e. The first-order valence-electron chi connectivity index (χ1n) is 3.10. The number of aliphatic hydroxyl groups is 1. The van der Waals surface area contributed by atoms with Crippen molar-refractivity contribution in [2.45, 2.75) is 0 Å². The molecule has 0 unspecified atom stereocenters. The minimum Gasteiger partial charge on any atom is -0.400 e. The Hall–Kier alpha value is -1.35. The van der Waals surface area contributed by atoms with Crippen LogP contribution < -0.4 is 5.73 Å². The average molecular weight is 153 g/mol. The van der Waals surface area contributed by atoms with Crippen LogP contribution in [0.2, 0.25) is 0 Å². The molecule has 0 radical (unpaired) electrons. The van der Waals surface area contributed by atoms with E-state index in [1.807, 2.05) is 6.07 Å². The molecule has 1 rings (SSSR count). The van der Waals surface area contributed by atoms with E-state index in [1.54, 1.807) is 24.3 Å². The fourth-order valence-corrected chi connectivity index (χ4v) is 0.602. The third-order valence-electron chi connectivity index (χ3n) is 1.06. The maximum atomic E-state index is 10.4. The second-order valence-corrected chi connectivity index (χ2v) is 1.73. The highest BCUT2D eigenvalue weighted by atomic mass is 16.2. The van der Waals surface area contributed by atoms with Gasteiger partial charge in [-0.05, 0) is 12.1 Å². The number of carbonyl (C=O) groups excluding carboxylic acids is 1. The van der Waals surface area contributed by atoms with Gasteiger partial charge in [-0.25, -0.2) is 0 Å². The first-order valence-corrected chi connectivity index (χ1v) is 3.10. The lowest BCUT2D eigenvalue weighted by molar-refractivity contribution is 0.100. The second-order valence-electron chi connectivity index (χ2n) is 1.73. The van der Waals surface area contributed by atoms with E-state index in [4.69, 9.17) is 10.8 Å². The second kappa shape index (κ2) is 5.44. The molecule has 0 aliphatic carbocycles. The number of aliphatic hydroxyl groups excluding tert-OH is 1. The molecule has 1 amide bonds. The predicted molar refractivity (Wildman–Crippen MR) is 43.1 cm³/mol. The van der Waals surface area contributed by atoms with Gasteiger partial charge in [-0.1, -0.05) is 18.2 Å². The van der Waals surface area contributed by atoms with Gasteiger partial charge in [0.25, 0.3) is 0 Å². The molecule has 0 aliphatic rings. The van der Waals surface area contributed by atoms with Crippen LogP contribution in [0.3, 0.4) is 0 Å². The Morgan fingerprint density at radius 3 is 2.00 bits per heavy atom. The summed E-state index contributed by atoms with van der Waals surface area (Å²) >= 11 is 0.